The second-order valence-corrected chi connectivity index (χ2v) is 4.96. The Bertz CT molecular complexity index is 642. The van der Waals surface area contributed by atoms with Crippen LogP contribution in [-0.2, 0) is 28.8 Å². The van der Waals surface area contributed by atoms with Crippen molar-refractivity contribution in [1.82, 2.24) is 0 Å². The van der Waals surface area contributed by atoms with Gasteiger partial charge in [0.25, 0.3) is 0 Å². The van der Waals surface area contributed by atoms with Gasteiger partial charge in [-0.1, -0.05) is 0 Å². The Hall–Kier alpha value is 5.35. The number of aliphatic hydroxyl groups excluding tert-OH is 2. The Balaban J connectivity index is -0.0000000327. The van der Waals surface area contributed by atoms with E-state index in [2.05, 4.69) is 0 Å². The van der Waals surface area contributed by atoms with Gasteiger partial charge in [0, 0.05) is 24.8 Å². The van der Waals surface area contributed by atoms with Crippen LogP contribution in [-0.4, -0.2) is 193 Å². The van der Waals surface area contributed by atoms with E-state index in [9.17, 15) is 59.4 Å². The summed E-state index contributed by atoms with van der Waals surface area (Å²) in [5.41, 5.74) is -6.92. The van der Waals surface area contributed by atoms with Crippen molar-refractivity contribution in [1.29, 1.82) is 0 Å². The smallest absolute Gasteiger partial charge is 1.00 e. The Morgan fingerprint density at radius 3 is 0.853 bits per heavy atom. The Morgan fingerprint density at radius 1 is 0.588 bits per heavy atom. The topological polar surface area (TPSA) is 322 Å². The average molecular weight is 651 g/mol. The first-order valence-corrected chi connectivity index (χ1v) is 6.48. The second kappa shape index (κ2) is 28.5. The summed E-state index contributed by atoms with van der Waals surface area (Å²) in [7, 11) is 0. The molecule has 4 atom stereocenters. The normalized spacial score (nSPS) is 13.8. The molecule has 0 aromatic heterocycles. The Kier molecular flexibility index (Phi) is 49.3. The van der Waals surface area contributed by atoms with Crippen molar-refractivity contribution in [2.45, 2.75) is 36.3 Å². The molecule has 0 amide bonds. The second-order valence-electron chi connectivity index (χ2n) is 4.96. The van der Waals surface area contributed by atoms with Crippen molar-refractivity contribution >= 4 is 149 Å². The molecule has 0 aromatic carbocycles. The molecule has 34 heavy (non-hydrogen) atoms. The van der Waals surface area contributed by atoms with Crippen LogP contribution in [0.25, 0.3) is 0 Å². The maximum atomic E-state index is 10.2. The predicted octanol–water partition coefficient (Wildman–Crippen LogP) is -22.4. The molecule has 4 N–H and O–H groups in total. The predicted molar refractivity (Wildman–Crippen MR) is 81.8 cm³/mol. The van der Waals surface area contributed by atoms with Crippen LogP contribution in [0.4, 0.5) is 0 Å². The molecule has 0 radical (unpaired) electrons. The SMILES string of the molecule is O=C([O-])CC(O)(C(=O)[O-])C(O)C(=O)[O-].O=C([O-])CC(O)(C(=O)[O-])C(O)C(=O)[O-].[Ca+2].[Ca+2].[Ca+2].[H-].[H-].[H-].[K+].[K+].[K+]. The summed E-state index contributed by atoms with van der Waals surface area (Å²) in [6.07, 6.45) is -9.06. The third kappa shape index (κ3) is 22.0. The van der Waals surface area contributed by atoms with Gasteiger partial charge in [-0.2, -0.15) is 0 Å². The number of hydrogen-bond donors (Lipinski definition) is 4. The molecule has 0 bridgehead atoms. The molecule has 0 fully saturated rings. The number of aliphatic hydroxyl groups is 4. The molecular weight excluding hydrogens is 638 g/mol. The van der Waals surface area contributed by atoms with Crippen molar-refractivity contribution in [3.63, 3.8) is 0 Å². The average Bonchev–Trinajstić information content (AvgIpc) is 2.51. The minimum absolute atomic E-state index is 0. The first-order valence-electron chi connectivity index (χ1n) is 6.48. The minimum atomic E-state index is -3.46. The molecule has 0 spiro atoms. The monoisotopic (exact) mass is 650 g/mol. The number of aliphatic carboxylic acids is 6. The van der Waals surface area contributed by atoms with Gasteiger partial charge < -0.3 is 84.1 Å². The largest absolute Gasteiger partial charge is 2.00 e. The van der Waals surface area contributed by atoms with Gasteiger partial charge in [-0.3, -0.25) is 0 Å². The molecule has 166 valence electrons. The van der Waals surface area contributed by atoms with E-state index < -0.39 is 72.1 Å². The number of carbonyl (C=O) groups excluding carboxylic acids is 6. The molecule has 0 saturated heterocycles. The van der Waals surface area contributed by atoms with Crippen LogP contribution >= 0.6 is 0 Å². The van der Waals surface area contributed by atoms with Crippen LogP contribution in [0, 0.1) is 0 Å². The zero-order valence-electron chi connectivity index (χ0n) is 21.4. The van der Waals surface area contributed by atoms with E-state index >= 15 is 0 Å². The fourth-order valence-electron chi connectivity index (χ4n) is 1.39. The molecule has 0 aliphatic heterocycles. The van der Waals surface area contributed by atoms with Crippen LogP contribution in [0.15, 0.2) is 0 Å². The fraction of sp³-hybridized carbons (Fsp3) is 0.500. The van der Waals surface area contributed by atoms with E-state index in [1.165, 1.54) is 0 Å². The van der Waals surface area contributed by atoms with Gasteiger partial charge in [-0.15, -0.1) is 0 Å². The van der Waals surface area contributed by atoms with E-state index in [4.69, 9.17) is 20.4 Å². The van der Waals surface area contributed by atoms with E-state index in [1.54, 1.807) is 0 Å². The first-order chi connectivity index (χ1) is 12.4. The zero-order valence-corrected chi connectivity index (χ0v) is 34.4. The van der Waals surface area contributed by atoms with Gasteiger partial charge in [-0.05, 0) is 0 Å². The van der Waals surface area contributed by atoms with Crippen LogP contribution < -0.4 is 185 Å². The molecule has 0 aromatic rings. The van der Waals surface area contributed by atoms with Crippen molar-refractivity contribution in [2.24, 2.45) is 0 Å². The molecule has 0 heterocycles. The summed E-state index contributed by atoms with van der Waals surface area (Å²) < 4.78 is 0. The van der Waals surface area contributed by atoms with Crippen molar-refractivity contribution in [3.8, 4) is 0 Å². The first kappa shape index (κ1) is 58.9. The fourth-order valence-corrected chi connectivity index (χ4v) is 1.39. The van der Waals surface area contributed by atoms with E-state index in [-0.39, 0.29) is 272 Å². The van der Waals surface area contributed by atoms with Gasteiger partial charge in [0.1, 0.15) is 23.4 Å². The third-order valence-corrected chi connectivity index (χ3v) is 2.89. The molecule has 22 heteroatoms. The Labute approximate surface area is 412 Å². The maximum absolute atomic E-state index is 10.2. The summed E-state index contributed by atoms with van der Waals surface area (Å²) in [5.74, 6) is -13.7. The van der Waals surface area contributed by atoms with Crippen molar-refractivity contribution in [2.75, 3.05) is 0 Å². The van der Waals surface area contributed by atoms with Crippen LogP contribution in [0.2, 0.25) is 0 Å². The molecule has 0 rings (SSSR count). The van der Waals surface area contributed by atoms with Crippen molar-refractivity contribution in [3.05, 3.63) is 0 Å². The number of rotatable bonds is 10. The summed E-state index contributed by atoms with van der Waals surface area (Å²) in [5, 5.41) is 95.5. The van der Waals surface area contributed by atoms with Gasteiger partial charge in [0.05, 0.1) is 23.9 Å². The maximum Gasteiger partial charge on any atom is 2.00 e. The summed E-state index contributed by atoms with van der Waals surface area (Å²) in [6, 6.07) is 0. The minimum Gasteiger partial charge on any atom is -1.00 e. The summed E-state index contributed by atoms with van der Waals surface area (Å²) in [6.45, 7) is 0. The molecular formula is C12H13Ca3K3O16. The molecule has 0 saturated carbocycles. The molecule has 16 nitrogen and oxygen atoms in total. The number of hydrogen-bond acceptors (Lipinski definition) is 16. The van der Waals surface area contributed by atoms with Crippen LogP contribution in [0.5, 0.6) is 0 Å². The molecule has 0 aliphatic carbocycles. The molecule has 4 unspecified atom stereocenters. The van der Waals surface area contributed by atoms with Gasteiger partial charge >= 0.3 is 267 Å². The summed E-state index contributed by atoms with van der Waals surface area (Å²) >= 11 is 0. The van der Waals surface area contributed by atoms with Gasteiger partial charge in [-0.25, -0.2) is 0 Å². The van der Waals surface area contributed by atoms with E-state index in [0.717, 1.165) is 0 Å². The number of carbonyl (C=O) groups is 6. The number of carboxylic acid groups (broad SMARTS) is 6. The van der Waals surface area contributed by atoms with E-state index in [1.807, 2.05) is 0 Å². The van der Waals surface area contributed by atoms with Gasteiger partial charge in [0.15, 0.2) is 0 Å². The third-order valence-electron chi connectivity index (χ3n) is 2.89. The Morgan fingerprint density at radius 2 is 0.765 bits per heavy atom. The zero-order chi connectivity index (χ0) is 23.0. The van der Waals surface area contributed by atoms with Crippen LogP contribution in [0.1, 0.15) is 17.1 Å². The van der Waals surface area contributed by atoms with Crippen LogP contribution in [0.3, 0.4) is 0 Å². The van der Waals surface area contributed by atoms with E-state index in [0.29, 0.717) is 0 Å². The summed E-state index contributed by atoms with van der Waals surface area (Å²) in [4.78, 5) is 60.3. The van der Waals surface area contributed by atoms with Gasteiger partial charge in [0.2, 0.25) is 0 Å². The number of carboxylic acids is 6. The molecule has 0 aliphatic rings. The van der Waals surface area contributed by atoms with Crippen molar-refractivity contribution < 1.29 is 238 Å². The standard InChI is InChI=1S/2C6H8O8.3Ca.3K.3H/c2*7-2(8)1-6(14,5(12)13)3(9)4(10)11;;;;;;;;;/h2*3,9,14H,1H2,(H,7,8)(H,10,11)(H,12,13);;;;;;;;;/q;;3*+2;3*+1;3*-1/p-6. The quantitative estimate of drug-likeness (QED) is 0.159.